The van der Waals surface area contributed by atoms with Crippen molar-refractivity contribution in [3.63, 3.8) is 0 Å². The van der Waals surface area contributed by atoms with Gasteiger partial charge in [-0.1, -0.05) is 30.3 Å². The zero-order valence-electron chi connectivity index (χ0n) is 10.6. The highest BCUT2D eigenvalue weighted by Gasteiger charge is 2.09. The Kier molecular flexibility index (Phi) is 3.01. The number of hydrogen-bond donors (Lipinski definition) is 1. The Morgan fingerprint density at radius 2 is 1.95 bits per heavy atom. The molecule has 2 N–H and O–H groups in total. The number of carbonyl (C=O) groups is 1. The van der Waals surface area contributed by atoms with E-state index in [1.165, 1.54) is 6.20 Å². The van der Waals surface area contributed by atoms with E-state index in [4.69, 9.17) is 5.73 Å². The Balaban J connectivity index is 2.10. The lowest BCUT2D eigenvalue weighted by atomic mass is 10.2. The second-order valence-electron chi connectivity index (χ2n) is 4.28. The number of imidazole rings is 1. The van der Waals surface area contributed by atoms with Gasteiger partial charge in [0, 0.05) is 24.2 Å². The lowest BCUT2D eigenvalue weighted by molar-refractivity contribution is 0.1000. The first-order chi connectivity index (χ1) is 9.75. The number of nitrogens with zero attached hydrogens (tertiary/aromatic N) is 3. The van der Waals surface area contributed by atoms with Crippen molar-refractivity contribution in [1.29, 1.82) is 0 Å². The van der Waals surface area contributed by atoms with Crippen molar-refractivity contribution < 1.29 is 4.79 Å². The van der Waals surface area contributed by atoms with Crippen molar-refractivity contribution in [3.05, 3.63) is 66.7 Å². The van der Waals surface area contributed by atoms with Crippen LogP contribution in [-0.4, -0.2) is 20.4 Å². The Hall–Kier alpha value is -2.95. The van der Waals surface area contributed by atoms with Crippen LogP contribution in [0.4, 0.5) is 0 Å². The van der Waals surface area contributed by atoms with Crippen LogP contribution in [0, 0.1) is 0 Å². The highest BCUT2D eigenvalue weighted by Crippen LogP contribution is 2.21. The van der Waals surface area contributed by atoms with Gasteiger partial charge in [-0.25, -0.2) is 4.98 Å². The van der Waals surface area contributed by atoms with Crippen LogP contribution < -0.4 is 5.73 Å². The van der Waals surface area contributed by atoms with Crippen molar-refractivity contribution in [2.75, 3.05) is 0 Å². The van der Waals surface area contributed by atoms with Crippen molar-refractivity contribution in [3.8, 4) is 17.1 Å². The van der Waals surface area contributed by atoms with Gasteiger partial charge in [-0.2, -0.15) is 0 Å². The average molecular weight is 264 g/mol. The molecule has 0 aliphatic carbocycles. The lowest BCUT2D eigenvalue weighted by Crippen LogP contribution is -2.12. The SMILES string of the molecule is NC(=O)c1cncc(-n2ccnc2-c2ccccc2)c1. The maximum Gasteiger partial charge on any atom is 0.250 e. The first kappa shape index (κ1) is 12.1. The summed E-state index contributed by atoms with van der Waals surface area (Å²) in [5.41, 5.74) is 7.39. The molecule has 0 fully saturated rings. The van der Waals surface area contributed by atoms with E-state index in [0.29, 0.717) is 5.56 Å². The quantitative estimate of drug-likeness (QED) is 0.786. The van der Waals surface area contributed by atoms with Gasteiger partial charge >= 0.3 is 0 Å². The molecule has 1 amide bonds. The summed E-state index contributed by atoms with van der Waals surface area (Å²) in [7, 11) is 0. The van der Waals surface area contributed by atoms with Gasteiger partial charge < -0.3 is 5.73 Å². The minimum atomic E-state index is -0.499. The third-order valence-electron chi connectivity index (χ3n) is 2.96. The Bertz CT molecular complexity index is 749. The molecule has 1 aromatic carbocycles. The summed E-state index contributed by atoms with van der Waals surface area (Å²) in [6.07, 6.45) is 6.65. The van der Waals surface area contributed by atoms with Crippen molar-refractivity contribution in [2.45, 2.75) is 0 Å². The molecule has 20 heavy (non-hydrogen) atoms. The van der Waals surface area contributed by atoms with Crippen molar-refractivity contribution in [2.24, 2.45) is 5.73 Å². The molecule has 0 unspecified atom stereocenters. The van der Waals surface area contributed by atoms with Gasteiger partial charge in [-0.3, -0.25) is 14.3 Å². The first-order valence-corrected chi connectivity index (χ1v) is 6.10. The number of primary amides is 1. The zero-order valence-corrected chi connectivity index (χ0v) is 10.6. The molecule has 0 saturated heterocycles. The van der Waals surface area contributed by atoms with Crippen molar-refractivity contribution in [1.82, 2.24) is 14.5 Å². The number of aromatic nitrogens is 3. The van der Waals surface area contributed by atoms with Crippen LogP contribution in [0.2, 0.25) is 0 Å². The van der Waals surface area contributed by atoms with E-state index in [0.717, 1.165) is 17.1 Å². The van der Waals surface area contributed by atoms with E-state index >= 15 is 0 Å². The van der Waals surface area contributed by atoms with Crippen LogP contribution in [0.1, 0.15) is 10.4 Å². The van der Waals surface area contributed by atoms with E-state index in [9.17, 15) is 4.79 Å². The fourth-order valence-electron chi connectivity index (χ4n) is 2.01. The van der Waals surface area contributed by atoms with E-state index in [1.807, 2.05) is 41.1 Å². The predicted molar refractivity (Wildman–Crippen MR) is 75.3 cm³/mol. The standard InChI is InChI=1S/C15H12N4O/c16-14(20)12-8-13(10-17-9-12)19-7-6-18-15(19)11-4-2-1-3-5-11/h1-10H,(H2,16,20). The third-order valence-corrected chi connectivity index (χ3v) is 2.96. The van der Waals surface area contributed by atoms with Crippen LogP contribution in [0.15, 0.2) is 61.2 Å². The molecule has 3 aromatic rings. The fourth-order valence-corrected chi connectivity index (χ4v) is 2.01. The largest absolute Gasteiger partial charge is 0.366 e. The number of amides is 1. The molecule has 98 valence electrons. The van der Waals surface area contributed by atoms with Gasteiger partial charge in [0.15, 0.2) is 0 Å². The highest BCUT2D eigenvalue weighted by atomic mass is 16.1. The third kappa shape index (κ3) is 2.16. The minimum absolute atomic E-state index is 0.371. The fraction of sp³-hybridized carbons (Fsp3) is 0. The van der Waals surface area contributed by atoms with Gasteiger partial charge in [0.05, 0.1) is 17.4 Å². The maximum atomic E-state index is 11.2. The molecule has 0 spiro atoms. The molecule has 2 heterocycles. The first-order valence-electron chi connectivity index (χ1n) is 6.10. The summed E-state index contributed by atoms with van der Waals surface area (Å²) in [5, 5.41) is 0. The lowest BCUT2D eigenvalue weighted by Gasteiger charge is -2.08. The van der Waals surface area contributed by atoms with Crippen LogP contribution >= 0.6 is 0 Å². The van der Waals surface area contributed by atoms with Crippen LogP contribution in [0.3, 0.4) is 0 Å². The molecular formula is C15H12N4O. The topological polar surface area (TPSA) is 73.8 Å². The average Bonchev–Trinajstić information content (AvgIpc) is 2.98. The summed E-state index contributed by atoms with van der Waals surface area (Å²) in [5.74, 6) is 0.287. The number of nitrogens with two attached hydrogens (primary N) is 1. The number of benzene rings is 1. The molecular weight excluding hydrogens is 252 g/mol. The number of hydrogen-bond acceptors (Lipinski definition) is 3. The Labute approximate surface area is 115 Å². The second kappa shape index (κ2) is 4.97. The molecule has 0 aliphatic rings. The van der Waals surface area contributed by atoms with Crippen LogP contribution in [0.5, 0.6) is 0 Å². The normalized spacial score (nSPS) is 10.4. The van der Waals surface area contributed by atoms with Crippen molar-refractivity contribution >= 4 is 5.91 Å². The van der Waals surface area contributed by atoms with E-state index in [1.54, 1.807) is 18.5 Å². The van der Waals surface area contributed by atoms with Gasteiger partial charge in [-0.05, 0) is 6.07 Å². The maximum absolute atomic E-state index is 11.2. The number of pyridine rings is 1. The summed E-state index contributed by atoms with van der Waals surface area (Å²) < 4.78 is 1.87. The molecule has 0 saturated carbocycles. The van der Waals surface area contributed by atoms with Crippen LogP contribution in [0.25, 0.3) is 17.1 Å². The van der Waals surface area contributed by atoms with E-state index in [-0.39, 0.29) is 0 Å². The molecule has 0 atom stereocenters. The Morgan fingerprint density at radius 1 is 1.15 bits per heavy atom. The molecule has 5 nitrogen and oxygen atoms in total. The molecule has 0 aliphatic heterocycles. The van der Waals surface area contributed by atoms with Gasteiger partial charge in [0.25, 0.3) is 0 Å². The predicted octanol–water partition coefficient (Wildman–Crippen LogP) is 2.03. The summed E-state index contributed by atoms with van der Waals surface area (Å²) in [6, 6.07) is 11.5. The Morgan fingerprint density at radius 3 is 2.70 bits per heavy atom. The van der Waals surface area contributed by atoms with Gasteiger partial charge in [0.1, 0.15) is 5.82 Å². The minimum Gasteiger partial charge on any atom is -0.366 e. The molecule has 3 rings (SSSR count). The highest BCUT2D eigenvalue weighted by molar-refractivity contribution is 5.92. The second-order valence-corrected chi connectivity index (χ2v) is 4.28. The zero-order chi connectivity index (χ0) is 13.9. The summed E-state index contributed by atoms with van der Waals surface area (Å²) in [4.78, 5) is 19.6. The van der Waals surface area contributed by atoms with Gasteiger partial charge in [0.2, 0.25) is 5.91 Å². The monoisotopic (exact) mass is 264 g/mol. The number of carbonyl (C=O) groups excluding carboxylic acids is 1. The summed E-state index contributed by atoms with van der Waals surface area (Å²) >= 11 is 0. The molecule has 5 heteroatoms. The molecule has 0 bridgehead atoms. The molecule has 0 radical (unpaired) electrons. The number of rotatable bonds is 3. The van der Waals surface area contributed by atoms with Gasteiger partial charge in [-0.15, -0.1) is 0 Å². The van der Waals surface area contributed by atoms with E-state index < -0.39 is 5.91 Å². The van der Waals surface area contributed by atoms with E-state index in [2.05, 4.69) is 9.97 Å². The summed E-state index contributed by atoms with van der Waals surface area (Å²) in [6.45, 7) is 0. The smallest absolute Gasteiger partial charge is 0.250 e. The van der Waals surface area contributed by atoms with Crippen LogP contribution in [-0.2, 0) is 0 Å². The molecule has 2 aromatic heterocycles.